The molecule has 0 aliphatic heterocycles. The Kier molecular flexibility index (Phi) is 7.68. The molecule has 1 aromatic carbocycles. The van der Waals surface area contributed by atoms with Crippen LogP contribution in [0.5, 0.6) is 0 Å². The molecule has 19 heavy (non-hydrogen) atoms. The molecule has 3 heteroatoms. The van der Waals surface area contributed by atoms with Crippen molar-refractivity contribution in [3.05, 3.63) is 35.1 Å². The van der Waals surface area contributed by atoms with Crippen molar-refractivity contribution >= 4 is 0 Å². The normalized spacial score (nSPS) is 12.6. The number of benzene rings is 1. The van der Waals surface area contributed by atoms with Crippen LogP contribution in [0, 0.1) is 12.7 Å². The summed E-state index contributed by atoms with van der Waals surface area (Å²) in [4.78, 5) is 0. The van der Waals surface area contributed by atoms with Gasteiger partial charge in [0.2, 0.25) is 0 Å². The first kappa shape index (κ1) is 16.1. The van der Waals surface area contributed by atoms with E-state index in [9.17, 15) is 4.39 Å². The summed E-state index contributed by atoms with van der Waals surface area (Å²) < 4.78 is 18.6. The molecular formula is C16H26FNO. The molecule has 1 unspecified atom stereocenters. The number of nitrogens with one attached hydrogen (secondary N) is 1. The number of hydrogen-bond acceptors (Lipinski definition) is 2. The van der Waals surface area contributed by atoms with Gasteiger partial charge < -0.3 is 10.1 Å². The molecule has 0 aliphatic rings. The fourth-order valence-corrected chi connectivity index (χ4v) is 2.25. The predicted molar refractivity (Wildman–Crippen MR) is 77.9 cm³/mol. The van der Waals surface area contributed by atoms with Gasteiger partial charge in [-0.2, -0.15) is 0 Å². The van der Waals surface area contributed by atoms with Gasteiger partial charge in [-0.3, -0.25) is 0 Å². The lowest BCUT2D eigenvalue weighted by Gasteiger charge is -2.21. The second kappa shape index (κ2) is 9.05. The van der Waals surface area contributed by atoms with Crippen LogP contribution in [-0.4, -0.2) is 19.8 Å². The quantitative estimate of drug-likeness (QED) is 0.683. The summed E-state index contributed by atoms with van der Waals surface area (Å²) in [5.41, 5.74) is 2.22. The lowest BCUT2D eigenvalue weighted by Crippen LogP contribution is -2.23. The van der Waals surface area contributed by atoms with Crippen molar-refractivity contribution in [2.75, 3.05) is 19.8 Å². The molecule has 1 N–H and O–H groups in total. The average Bonchev–Trinajstić information content (AvgIpc) is 2.39. The summed E-state index contributed by atoms with van der Waals surface area (Å²) >= 11 is 0. The smallest absolute Gasteiger partial charge is 0.123 e. The number of ether oxygens (including phenoxy) is 1. The highest BCUT2D eigenvalue weighted by atomic mass is 19.1. The third kappa shape index (κ3) is 5.70. The first-order chi connectivity index (χ1) is 9.19. The zero-order valence-corrected chi connectivity index (χ0v) is 12.3. The molecule has 0 aliphatic carbocycles. The Balaban J connectivity index is 2.66. The van der Waals surface area contributed by atoms with E-state index < -0.39 is 0 Å². The minimum absolute atomic E-state index is 0.162. The molecule has 0 bridgehead atoms. The molecule has 0 saturated carbocycles. The highest BCUT2D eigenvalue weighted by Crippen LogP contribution is 2.23. The minimum atomic E-state index is -0.162. The first-order valence-electron chi connectivity index (χ1n) is 7.26. The first-order valence-corrected chi connectivity index (χ1v) is 7.26. The summed E-state index contributed by atoms with van der Waals surface area (Å²) in [5.74, 6) is -0.162. The molecule has 0 amide bonds. The van der Waals surface area contributed by atoms with Crippen molar-refractivity contribution in [3.63, 3.8) is 0 Å². The Morgan fingerprint density at radius 2 is 2.11 bits per heavy atom. The van der Waals surface area contributed by atoms with E-state index >= 15 is 0 Å². The van der Waals surface area contributed by atoms with Gasteiger partial charge in [-0.1, -0.05) is 13.0 Å². The maximum absolute atomic E-state index is 13.2. The Morgan fingerprint density at radius 3 is 2.74 bits per heavy atom. The minimum Gasteiger partial charge on any atom is -0.382 e. The number of aryl methyl sites for hydroxylation is 1. The number of hydrogen-bond donors (Lipinski definition) is 1. The van der Waals surface area contributed by atoms with Gasteiger partial charge in [0.25, 0.3) is 0 Å². The second-order valence-electron chi connectivity index (χ2n) is 4.85. The summed E-state index contributed by atoms with van der Waals surface area (Å²) in [5, 5.41) is 3.54. The number of rotatable bonds is 9. The molecule has 0 heterocycles. The van der Waals surface area contributed by atoms with Gasteiger partial charge in [-0.05, 0) is 62.9 Å². The monoisotopic (exact) mass is 267 g/mol. The lowest BCUT2D eigenvalue weighted by molar-refractivity contribution is 0.141. The molecule has 1 rings (SSSR count). The van der Waals surface area contributed by atoms with Gasteiger partial charge in [-0.25, -0.2) is 4.39 Å². The summed E-state index contributed by atoms with van der Waals surface area (Å²) in [7, 11) is 0. The van der Waals surface area contributed by atoms with Crippen LogP contribution >= 0.6 is 0 Å². The van der Waals surface area contributed by atoms with Crippen molar-refractivity contribution in [2.24, 2.45) is 0 Å². The van der Waals surface area contributed by atoms with Crippen LogP contribution in [0.1, 0.15) is 50.3 Å². The lowest BCUT2D eigenvalue weighted by atomic mass is 9.97. The van der Waals surface area contributed by atoms with Gasteiger partial charge >= 0.3 is 0 Å². The van der Waals surface area contributed by atoms with Gasteiger partial charge in [0.05, 0.1) is 0 Å². The van der Waals surface area contributed by atoms with Crippen LogP contribution in [0.3, 0.4) is 0 Å². The van der Waals surface area contributed by atoms with E-state index in [1.807, 2.05) is 19.9 Å². The second-order valence-corrected chi connectivity index (χ2v) is 4.85. The van der Waals surface area contributed by atoms with Gasteiger partial charge in [0.15, 0.2) is 0 Å². The van der Waals surface area contributed by atoms with E-state index in [0.29, 0.717) is 6.04 Å². The fourth-order valence-electron chi connectivity index (χ4n) is 2.25. The molecule has 0 spiro atoms. The molecule has 0 fully saturated rings. The van der Waals surface area contributed by atoms with Crippen LogP contribution in [0.2, 0.25) is 0 Å². The molecule has 2 nitrogen and oxygen atoms in total. The van der Waals surface area contributed by atoms with E-state index in [1.54, 1.807) is 12.1 Å². The average molecular weight is 267 g/mol. The molecule has 0 saturated heterocycles. The highest BCUT2D eigenvalue weighted by molar-refractivity contribution is 5.29. The highest BCUT2D eigenvalue weighted by Gasteiger charge is 2.13. The summed E-state index contributed by atoms with van der Waals surface area (Å²) in [6.45, 7) is 8.68. The van der Waals surface area contributed by atoms with Crippen molar-refractivity contribution in [3.8, 4) is 0 Å². The third-order valence-corrected chi connectivity index (χ3v) is 3.23. The zero-order chi connectivity index (χ0) is 14.1. The van der Waals surface area contributed by atoms with Crippen molar-refractivity contribution in [1.29, 1.82) is 0 Å². The predicted octanol–water partition coefficient (Wildman–Crippen LogP) is 3.99. The topological polar surface area (TPSA) is 21.3 Å². The SMILES string of the molecule is CCCNC(CCCOCC)c1ccc(F)cc1C. The van der Waals surface area contributed by atoms with Gasteiger partial charge in [0.1, 0.15) is 5.82 Å². The van der Waals surface area contributed by atoms with Gasteiger partial charge in [0, 0.05) is 19.3 Å². The standard InChI is InChI=1S/C16H26FNO/c1-4-10-18-16(7-6-11-19-5-2)15-9-8-14(17)12-13(15)3/h8-9,12,16,18H,4-7,10-11H2,1-3H3. The Bertz CT molecular complexity index is 368. The summed E-state index contributed by atoms with van der Waals surface area (Å²) in [6.07, 6.45) is 3.14. The summed E-state index contributed by atoms with van der Waals surface area (Å²) in [6, 6.07) is 5.35. The third-order valence-electron chi connectivity index (χ3n) is 3.23. The number of halogens is 1. The van der Waals surface area contributed by atoms with E-state index in [4.69, 9.17) is 4.74 Å². The Morgan fingerprint density at radius 1 is 1.32 bits per heavy atom. The Labute approximate surface area is 116 Å². The molecule has 0 aromatic heterocycles. The van der Waals surface area contributed by atoms with Crippen molar-refractivity contribution in [2.45, 2.75) is 46.1 Å². The van der Waals surface area contributed by atoms with E-state index in [0.717, 1.165) is 44.6 Å². The van der Waals surface area contributed by atoms with Crippen LogP contribution in [0.15, 0.2) is 18.2 Å². The fraction of sp³-hybridized carbons (Fsp3) is 0.625. The maximum atomic E-state index is 13.2. The van der Waals surface area contributed by atoms with Gasteiger partial charge in [-0.15, -0.1) is 0 Å². The van der Waals surface area contributed by atoms with E-state index in [-0.39, 0.29) is 5.82 Å². The van der Waals surface area contributed by atoms with Crippen LogP contribution in [-0.2, 0) is 4.74 Å². The molecule has 108 valence electrons. The van der Waals surface area contributed by atoms with Crippen molar-refractivity contribution < 1.29 is 9.13 Å². The van der Waals surface area contributed by atoms with Crippen LogP contribution < -0.4 is 5.32 Å². The van der Waals surface area contributed by atoms with Crippen LogP contribution in [0.25, 0.3) is 0 Å². The molecule has 1 atom stereocenters. The zero-order valence-electron chi connectivity index (χ0n) is 12.3. The maximum Gasteiger partial charge on any atom is 0.123 e. The van der Waals surface area contributed by atoms with Crippen LogP contribution in [0.4, 0.5) is 4.39 Å². The molecular weight excluding hydrogens is 241 g/mol. The van der Waals surface area contributed by atoms with E-state index in [1.165, 1.54) is 5.56 Å². The Hall–Kier alpha value is -0.930. The molecule has 0 radical (unpaired) electrons. The van der Waals surface area contributed by atoms with Crippen molar-refractivity contribution in [1.82, 2.24) is 5.32 Å². The van der Waals surface area contributed by atoms with E-state index in [2.05, 4.69) is 12.2 Å². The largest absolute Gasteiger partial charge is 0.382 e. The molecule has 1 aromatic rings.